The summed E-state index contributed by atoms with van der Waals surface area (Å²) in [5.74, 6) is -1.03. The maximum atomic E-state index is 11.0. The number of methoxy groups -OCH3 is 1. The molecule has 1 aromatic carbocycles. The van der Waals surface area contributed by atoms with Crippen LogP contribution in [0.1, 0.15) is 17.0 Å². The monoisotopic (exact) mass is 209 g/mol. The number of benzene rings is 1. The van der Waals surface area contributed by atoms with Crippen molar-refractivity contribution in [3.8, 4) is 5.75 Å². The van der Waals surface area contributed by atoms with Crippen molar-refractivity contribution in [3.63, 3.8) is 0 Å². The second-order valence-corrected chi connectivity index (χ2v) is 3.32. The lowest BCUT2D eigenvalue weighted by atomic mass is 9.96. The van der Waals surface area contributed by atoms with E-state index in [9.17, 15) is 4.79 Å². The van der Waals surface area contributed by atoms with Gasteiger partial charge >= 0.3 is 5.97 Å². The molecule has 0 aromatic heterocycles. The van der Waals surface area contributed by atoms with Crippen molar-refractivity contribution in [2.24, 2.45) is 5.73 Å². The van der Waals surface area contributed by atoms with Gasteiger partial charge in [-0.05, 0) is 12.5 Å². The minimum atomic E-state index is -0.929. The standard InChI is InChI=1S/C11H15NO3/c1-7-4-3-5-8(10(7)15-2)9(6-12)11(13)14/h3-5,9H,6,12H2,1-2H3,(H,13,14). The van der Waals surface area contributed by atoms with Gasteiger partial charge in [-0.1, -0.05) is 18.2 Å². The van der Waals surface area contributed by atoms with Crippen LogP contribution in [0.15, 0.2) is 18.2 Å². The van der Waals surface area contributed by atoms with E-state index < -0.39 is 11.9 Å². The van der Waals surface area contributed by atoms with Gasteiger partial charge in [-0.2, -0.15) is 0 Å². The lowest BCUT2D eigenvalue weighted by Gasteiger charge is -2.15. The zero-order valence-electron chi connectivity index (χ0n) is 8.86. The van der Waals surface area contributed by atoms with Crippen molar-refractivity contribution in [1.29, 1.82) is 0 Å². The molecule has 4 heteroatoms. The number of carboxylic acids is 1. The van der Waals surface area contributed by atoms with Crippen molar-refractivity contribution < 1.29 is 14.6 Å². The van der Waals surface area contributed by atoms with Crippen LogP contribution in [0, 0.1) is 6.92 Å². The maximum absolute atomic E-state index is 11.0. The first-order valence-corrected chi connectivity index (χ1v) is 4.68. The van der Waals surface area contributed by atoms with Crippen LogP contribution < -0.4 is 10.5 Å². The van der Waals surface area contributed by atoms with E-state index >= 15 is 0 Å². The number of hydrogen-bond donors (Lipinski definition) is 2. The molecule has 1 atom stereocenters. The Morgan fingerprint density at radius 1 is 1.60 bits per heavy atom. The van der Waals surface area contributed by atoms with Gasteiger partial charge in [-0.25, -0.2) is 0 Å². The first kappa shape index (κ1) is 11.5. The van der Waals surface area contributed by atoms with Crippen LogP contribution in [0.25, 0.3) is 0 Å². The number of aryl methyl sites for hydroxylation is 1. The van der Waals surface area contributed by atoms with Crippen LogP contribution in [0.3, 0.4) is 0 Å². The Balaban J connectivity index is 3.22. The van der Waals surface area contributed by atoms with Crippen LogP contribution in [0.2, 0.25) is 0 Å². The fourth-order valence-corrected chi connectivity index (χ4v) is 1.59. The molecule has 15 heavy (non-hydrogen) atoms. The summed E-state index contributed by atoms with van der Waals surface area (Å²) in [5.41, 5.74) is 6.99. The van der Waals surface area contributed by atoms with Crippen LogP contribution in [-0.4, -0.2) is 24.7 Å². The molecular formula is C11H15NO3. The number of carboxylic acid groups (broad SMARTS) is 1. The normalized spacial score (nSPS) is 12.2. The Bertz CT molecular complexity index is 363. The fourth-order valence-electron chi connectivity index (χ4n) is 1.59. The molecule has 0 radical (unpaired) electrons. The molecule has 0 fully saturated rings. The van der Waals surface area contributed by atoms with E-state index in [0.29, 0.717) is 11.3 Å². The second kappa shape index (κ2) is 4.79. The van der Waals surface area contributed by atoms with Gasteiger partial charge in [0.25, 0.3) is 0 Å². The van der Waals surface area contributed by atoms with Crippen LogP contribution >= 0.6 is 0 Å². The van der Waals surface area contributed by atoms with E-state index in [1.165, 1.54) is 7.11 Å². The first-order chi connectivity index (χ1) is 7.11. The summed E-state index contributed by atoms with van der Waals surface area (Å²) in [6, 6.07) is 5.41. The highest BCUT2D eigenvalue weighted by Gasteiger charge is 2.22. The molecule has 1 unspecified atom stereocenters. The molecule has 0 aliphatic heterocycles. The minimum Gasteiger partial charge on any atom is -0.496 e. The van der Waals surface area contributed by atoms with Gasteiger partial charge in [0.15, 0.2) is 0 Å². The third kappa shape index (κ3) is 2.27. The largest absolute Gasteiger partial charge is 0.496 e. The second-order valence-electron chi connectivity index (χ2n) is 3.32. The van der Waals surface area contributed by atoms with Gasteiger partial charge in [0, 0.05) is 12.1 Å². The van der Waals surface area contributed by atoms with Gasteiger partial charge < -0.3 is 15.6 Å². The van der Waals surface area contributed by atoms with Gasteiger partial charge in [0.2, 0.25) is 0 Å². The Morgan fingerprint density at radius 2 is 2.27 bits per heavy atom. The smallest absolute Gasteiger partial charge is 0.312 e. The third-order valence-corrected chi connectivity index (χ3v) is 2.36. The predicted molar refractivity (Wildman–Crippen MR) is 57.2 cm³/mol. The van der Waals surface area contributed by atoms with E-state index in [1.807, 2.05) is 13.0 Å². The Labute approximate surface area is 88.7 Å². The van der Waals surface area contributed by atoms with Crippen LogP contribution in [0.5, 0.6) is 5.75 Å². The fraction of sp³-hybridized carbons (Fsp3) is 0.364. The zero-order valence-corrected chi connectivity index (χ0v) is 8.86. The summed E-state index contributed by atoms with van der Waals surface area (Å²) < 4.78 is 5.19. The summed E-state index contributed by atoms with van der Waals surface area (Å²) in [4.78, 5) is 11.0. The molecule has 0 saturated heterocycles. The molecule has 0 heterocycles. The molecule has 0 bridgehead atoms. The maximum Gasteiger partial charge on any atom is 0.312 e. The number of nitrogens with two attached hydrogens (primary N) is 1. The molecule has 82 valence electrons. The SMILES string of the molecule is COc1c(C)cccc1C(CN)C(=O)O. The van der Waals surface area contributed by atoms with Crippen molar-refractivity contribution in [2.45, 2.75) is 12.8 Å². The highest BCUT2D eigenvalue weighted by Crippen LogP contribution is 2.29. The Hall–Kier alpha value is -1.55. The van der Waals surface area contributed by atoms with Crippen LogP contribution in [-0.2, 0) is 4.79 Å². The highest BCUT2D eigenvalue weighted by atomic mass is 16.5. The van der Waals surface area contributed by atoms with Gasteiger partial charge in [-0.3, -0.25) is 4.79 Å². The molecule has 0 saturated carbocycles. The molecule has 3 N–H and O–H groups in total. The number of rotatable bonds is 4. The number of hydrogen-bond acceptors (Lipinski definition) is 3. The highest BCUT2D eigenvalue weighted by molar-refractivity contribution is 5.77. The van der Waals surface area contributed by atoms with Crippen molar-refractivity contribution >= 4 is 5.97 Å². The van der Waals surface area contributed by atoms with Crippen LogP contribution in [0.4, 0.5) is 0 Å². The molecular weight excluding hydrogens is 194 g/mol. The average molecular weight is 209 g/mol. The molecule has 1 aromatic rings. The van der Waals surface area contributed by atoms with Crippen molar-refractivity contribution in [1.82, 2.24) is 0 Å². The van der Waals surface area contributed by atoms with E-state index in [2.05, 4.69) is 0 Å². The Kier molecular flexibility index (Phi) is 3.68. The predicted octanol–water partition coefficient (Wildman–Crippen LogP) is 1.13. The number of ether oxygens (including phenoxy) is 1. The molecule has 0 spiro atoms. The zero-order chi connectivity index (χ0) is 11.4. The number of aliphatic carboxylic acids is 1. The minimum absolute atomic E-state index is 0.0646. The van der Waals surface area contributed by atoms with E-state index in [-0.39, 0.29) is 6.54 Å². The van der Waals surface area contributed by atoms with Crippen molar-refractivity contribution in [3.05, 3.63) is 29.3 Å². The summed E-state index contributed by atoms with van der Waals surface area (Å²) >= 11 is 0. The average Bonchev–Trinajstić information content (AvgIpc) is 2.18. The molecule has 0 aliphatic rings. The lowest BCUT2D eigenvalue weighted by molar-refractivity contribution is -0.138. The molecule has 1 rings (SSSR count). The topological polar surface area (TPSA) is 72.5 Å². The Morgan fingerprint density at radius 3 is 2.73 bits per heavy atom. The molecule has 4 nitrogen and oxygen atoms in total. The van der Waals surface area contributed by atoms with Crippen molar-refractivity contribution in [2.75, 3.05) is 13.7 Å². The van der Waals surface area contributed by atoms with E-state index in [1.54, 1.807) is 12.1 Å². The summed E-state index contributed by atoms with van der Waals surface area (Å²) in [6.07, 6.45) is 0. The summed E-state index contributed by atoms with van der Waals surface area (Å²) in [5, 5.41) is 9.00. The third-order valence-electron chi connectivity index (χ3n) is 2.36. The van der Waals surface area contributed by atoms with E-state index in [4.69, 9.17) is 15.6 Å². The summed E-state index contributed by atoms with van der Waals surface area (Å²) in [7, 11) is 1.53. The number of carbonyl (C=O) groups is 1. The van der Waals surface area contributed by atoms with E-state index in [0.717, 1.165) is 5.56 Å². The van der Waals surface area contributed by atoms with Gasteiger partial charge in [0.05, 0.1) is 13.0 Å². The summed E-state index contributed by atoms with van der Waals surface area (Å²) in [6.45, 7) is 1.94. The first-order valence-electron chi connectivity index (χ1n) is 4.68. The van der Waals surface area contributed by atoms with Gasteiger partial charge in [-0.15, -0.1) is 0 Å². The molecule has 0 aliphatic carbocycles. The molecule has 0 amide bonds. The lowest BCUT2D eigenvalue weighted by Crippen LogP contribution is -2.21. The van der Waals surface area contributed by atoms with Gasteiger partial charge in [0.1, 0.15) is 5.75 Å². The quantitative estimate of drug-likeness (QED) is 0.779. The number of para-hydroxylation sites is 1.